The molecule has 1 aromatic heterocycles. The van der Waals surface area contributed by atoms with Crippen LogP contribution >= 0.6 is 0 Å². The second-order valence-electron chi connectivity index (χ2n) is 6.59. The largest absolute Gasteiger partial charge is 0.480 e. The third-order valence-electron chi connectivity index (χ3n) is 4.63. The smallest absolute Gasteiger partial charge is 0.237 e. The van der Waals surface area contributed by atoms with Crippen LogP contribution in [-0.2, 0) is 4.74 Å². The number of nitrogens with two attached hydrogens (primary N) is 1. The van der Waals surface area contributed by atoms with E-state index in [-0.39, 0.29) is 11.6 Å². The van der Waals surface area contributed by atoms with E-state index in [2.05, 4.69) is 23.8 Å². The van der Waals surface area contributed by atoms with Crippen LogP contribution in [0.3, 0.4) is 0 Å². The lowest BCUT2D eigenvalue weighted by atomic mass is 9.68. The summed E-state index contributed by atoms with van der Waals surface area (Å²) in [6, 6.07) is -0.322. The normalized spacial score (nSPS) is 21.8. The first-order valence-electron chi connectivity index (χ1n) is 7.68. The first-order valence-corrected chi connectivity index (χ1v) is 7.68. The van der Waals surface area contributed by atoms with Gasteiger partial charge in [-0.15, -0.1) is 0 Å². The lowest BCUT2D eigenvalue weighted by Gasteiger charge is -2.46. The van der Waals surface area contributed by atoms with Crippen molar-refractivity contribution >= 4 is 0 Å². The van der Waals surface area contributed by atoms with E-state index in [0.717, 1.165) is 25.7 Å². The number of methoxy groups -OCH3 is 1. The molecule has 0 aromatic carbocycles. The molecule has 0 radical (unpaired) electrons. The van der Waals surface area contributed by atoms with Crippen LogP contribution in [0.25, 0.3) is 0 Å². The Hall–Kier alpha value is -1.20. The molecule has 0 saturated heterocycles. The molecule has 0 amide bonds. The van der Waals surface area contributed by atoms with Gasteiger partial charge in [0.2, 0.25) is 5.88 Å². The van der Waals surface area contributed by atoms with Crippen LogP contribution in [0.2, 0.25) is 0 Å². The maximum absolute atomic E-state index is 6.55. The quantitative estimate of drug-likeness (QED) is 0.904. The van der Waals surface area contributed by atoms with Crippen molar-refractivity contribution in [1.29, 1.82) is 0 Å². The summed E-state index contributed by atoms with van der Waals surface area (Å²) >= 11 is 0. The van der Waals surface area contributed by atoms with E-state index in [1.54, 1.807) is 19.5 Å². The van der Waals surface area contributed by atoms with Gasteiger partial charge in [0.1, 0.15) is 5.69 Å². The van der Waals surface area contributed by atoms with Gasteiger partial charge in [-0.3, -0.25) is 4.98 Å². The zero-order valence-corrected chi connectivity index (χ0v) is 13.6. The number of nitrogens with zero attached hydrogens (tertiary/aromatic N) is 2. The summed E-state index contributed by atoms with van der Waals surface area (Å²) in [5, 5.41) is 0. The van der Waals surface area contributed by atoms with Crippen LogP contribution in [-0.4, -0.2) is 29.3 Å². The van der Waals surface area contributed by atoms with Crippen molar-refractivity contribution in [2.75, 3.05) is 13.7 Å². The molecule has 0 aliphatic heterocycles. The molecule has 2 N–H and O–H groups in total. The van der Waals surface area contributed by atoms with Gasteiger partial charge in [-0.05, 0) is 38.0 Å². The van der Waals surface area contributed by atoms with Crippen LogP contribution in [0.5, 0.6) is 5.88 Å². The van der Waals surface area contributed by atoms with Crippen molar-refractivity contribution < 1.29 is 9.47 Å². The van der Waals surface area contributed by atoms with Crippen LogP contribution in [0, 0.1) is 5.41 Å². The van der Waals surface area contributed by atoms with Gasteiger partial charge >= 0.3 is 0 Å². The topological polar surface area (TPSA) is 70.3 Å². The molecule has 5 heteroatoms. The van der Waals surface area contributed by atoms with Gasteiger partial charge in [0.05, 0.1) is 18.8 Å². The van der Waals surface area contributed by atoms with Crippen LogP contribution in [0.4, 0.5) is 0 Å². The minimum absolute atomic E-state index is 0.322. The van der Waals surface area contributed by atoms with Crippen LogP contribution < -0.4 is 10.5 Å². The molecule has 5 nitrogen and oxygen atoms in total. The molecular formula is C16H27N3O2. The molecule has 21 heavy (non-hydrogen) atoms. The Labute approximate surface area is 127 Å². The van der Waals surface area contributed by atoms with Crippen molar-refractivity contribution in [3.63, 3.8) is 0 Å². The van der Waals surface area contributed by atoms with Crippen LogP contribution in [0.1, 0.15) is 58.2 Å². The molecule has 1 unspecified atom stereocenters. The number of ether oxygens (including phenoxy) is 2. The first-order chi connectivity index (χ1) is 9.94. The van der Waals surface area contributed by atoms with E-state index in [1.807, 2.05) is 6.92 Å². The van der Waals surface area contributed by atoms with Crippen molar-refractivity contribution in [3.05, 3.63) is 18.1 Å². The number of aromatic nitrogens is 2. The zero-order valence-electron chi connectivity index (χ0n) is 13.6. The average Bonchev–Trinajstić information content (AvgIpc) is 2.49. The standard InChI is InChI=1S/C16H27N3O2/c1-5-21-16(8-6-15(2,3)7-9-16)13(17)12-14(20-4)19-11-10-18-12/h10-11,13H,5-9,17H2,1-4H3. The van der Waals surface area contributed by atoms with Gasteiger partial charge in [0.15, 0.2) is 0 Å². The number of rotatable bonds is 5. The van der Waals surface area contributed by atoms with E-state index in [9.17, 15) is 0 Å². The molecule has 1 atom stereocenters. The highest BCUT2D eigenvalue weighted by Crippen LogP contribution is 2.47. The van der Waals surface area contributed by atoms with E-state index in [1.165, 1.54) is 0 Å². The molecule has 1 aliphatic carbocycles. The number of hydrogen-bond acceptors (Lipinski definition) is 5. The fourth-order valence-electron chi connectivity index (χ4n) is 3.14. The molecular weight excluding hydrogens is 266 g/mol. The Kier molecular flexibility index (Phi) is 4.84. The highest BCUT2D eigenvalue weighted by molar-refractivity contribution is 5.24. The molecule has 0 bridgehead atoms. The Morgan fingerprint density at radius 3 is 2.38 bits per heavy atom. The predicted molar refractivity (Wildman–Crippen MR) is 82.1 cm³/mol. The second kappa shape index (κ2) is 6.28. The summed E-state index contributed by atoms with van der Waals surface area (Å²) in [5.74, 6) is 0.494. The molecule has 0 spiro atoms. The lowest BCUT2D eigenvalue weighted by Crippen LogP contribution is -2.48. The van der Waals surface area contributed by atoms with Gasteiger partial charge < -0.3 is 15.2 Å². The van der Waals surface area contributed by atoms with Gasteiger partial charge in [-0.1, -0.05) is 13.8 Å². The Morgan fingerprint density at radius 1 is 1.19 bits per heavy atom. The molecule has 1 saturated carbocycles. The third-order valence-corrected chi connectivity index (χ3v) is 4.63. The monoisotopic (exact) mass is 293 g/mol. The molecule has 2 rings (SSSR count). The van der Waals surface area contributed by atoms with Gasteiger partial charge in [-0.25, -0.2) is 4.98 Å². The maximum Gasteiger partial charge on any atom is 0.237 e. The highest BCUT2D eigenvalue weighted by atomic mass is 16.5. The summed E-state index contributed by atoms with van der Waals surface area (Å²) in [7, 11) is 1.59. The molecule has 1 aromatic rings. The zero-order chi connectivity index (χ0) is 15.5. The second-order valence-corrected chi connectivity index (χ2v) is 6.59. The maximum atomic E-state index is 6.55. The Morgan fingerprint density at radius 2 is 1.81 bits per heavy atom. The van der Waals surface area contributed by atoms with Gasteiger partial charge in [0, 0.05) is 19.0 Å². The highest BCUT2D eigenvalue weighted by Gasteiger charge is 2.45. The van der Waals surface area contributed by atoms with E-state index >= 15 is 0 Å². The van der Waals surface area contributed by atoms with Gasteiger partial charge in [-0.2, -0.15) is 0 Å². The fraction of sp³-hybridized carbons (Fsp3) is 0.750. The molecule has 1 heterocycles. The van der Waals surface area contributed by atoms with Crippen molar-refractivity contribution in [2.45, 2.75) is 58.1 Å². The molecule has 1 fully saturated rings. The summed E-state index contributed by atoms with van der Waals surface area (Å²) < 4.78 is 11.4. The van der Waals surface area contributed by atoms with E-state index in [0.29, 0.717) is 23.6 Å². The summed E-state index contributed by atoms with van der Waals surface area (Å²) in [5.41, 5.74) is 7.22. The molecule has 1 aliphatic rings. The SMILES string of the molecule is CCOC1(C(N)c2nccnc2OC)CCC(C)(C)CC1. The Balaban J connectivity index is 2.29. The fourth-order valence-corrected chi connectivity index (χ4v) is 3.14. The Bertz CT molecular complexity index is 466. The summed E-state index contributed by atoms with van der Waals surface area (Å²) in [6.07, 6.45) is 7.35. The average molecular weight is 293 g/mol. The van der Waals surface area contributed by atoms with E-state index < -0.39 is 0 Å². The van der Waals surface area contributed by atoms with Crippen LogP contribution in [0.15, 0.2) is 12.4 Å². The van der Waals surface area contributed by atoms with Crippen molar-refractivity contribution in [1.82, 2.24) is 9.97 Å². The molecule has 118 valence electrons. The third kappa shape index (κ3) is 3.35. The predicted octanol–water partition coefficient (Wildman–Crippen LogP) is 2.86. The summed E-state index contributed by atoms with van der Waals surface area (Å²) in [4.78, 5) is 8.61. The van der Waals surface area contributed by atoms with Crippen molar-refractivity contribution in [3.8, 4) is 5.88 Å². The minimum atomic E-state index is -0.367. The van der Waals surface area contributed by atoms with Crippen molar-refractivity contribution in [2.24, 2.45) is 11.1 Å². The number of hydrogen-bond donors (Lipinski definition) is 1. The van der Waals surface area contributed by atoms with Gasteiger partial charge in [0.25, 0.3) is 0 Å². The lowest BCUT2D eigenvalue weighted by molar-refractivity contribution is -0.101. The summed E-state index contributed by atoms with van der Waals surface area (Å²) in [6.45, 7) is 7.27. The minimum Gasteiger partial charge on any atom is -0.480 e. The first kappa shape index (κ1) is 16.2. The van der Waals surface area contributed by atoms with E-state index in [4.69, 9.17) is 15.2 Å².